The van der Waals surface area contributed by atoms with Crippen LogP contribution in [0.2, 0.25) is 0 Å². The Labute approximate surface area is 66.4 Å². The van der Waals surface area contributed by atoms with Crippen molar-refractivity contribution < 1.29 is 9.59 Å². The zero-order valence-electron chi connectivity index (χ0n) is 7.10. The SMILES string of the molecule is CCC(C)(C)NC(=O)NC=O. The van der Waals surface area contributed by atoms with Crippen molar-refractivity contribution in [1.82, 2.24) is 10.6 Å². The molecule has 11 heavy (non-hydrogen) atoms. The number of hydrogen-bond donors (Lipinski definition) is 2. The number of nitrogens with one attached hydrogen (secondary N) is 2. The van der Waals surface area contributed by atoms with Gasteiger partial charge in [0, 0.05) is 5.54 Å². The van der Waals surface area contributed by atoms with Crippen molar-refractivity contribution in [2.24, 2.45) is 0 Å². The van der Waals surface area contributed by atoms with Crippen LogP contribution >= 0.6 is 0 Å². The van der Waals surface area contributed by atoms with Crippen molar-refractivity contribution in [3.8, 4) is 0 Å². The molecule has 0 fully saturated rings. The minimum atomic E-state index is -0.452. The molecule has 0 bridgehead atoms. The summed E-state index contributed by atoms with van der Waals surface area (Å²) in [4.78, 5) is 20.6. The largest absolute Gasteiger partial charge is 0.333 e. The molecule has 0 aliphatic rings. The van der Waals surface area contributed by atoms with Crippen molar-refractivity contribution in [2.45, 2.75) is 32.7 Å². The van der Waals surface area contributed by atoms with E-state index in [-0.39, 0.29) is 5.54 Å². The van der Waals surface area contributed by atoms with E-state index in [1.165, 1.54) is 0 Å². The molecule has 0 spiro atoms. The van der Waals surface area contributed by atoms with Gasteiger partial charge in [-0.25, -0.2) is 4.79 Å². The maximum Gasteiger partial charge on any atom is 0.321 e. The summed E-state index contributed by atoms with van der Waals surface area (Å²) in [6.07, 6.45) is 1.18. The predicted octanol–water partition coefficient (Wildman–Crippen LogP) is 0.631. The maximum absolute atomic E-state index is 10.8. The van der Waals surface area contributed by atoms with E-state index in [0.717, 1.165) is 6.42 Å². The van der Waals surface area contributed by atoms with Crippen LogP contribution in [0.25, 0.3) is 0 Å². The van der Waals surface area contributed by atoms with Gasteiger partial charge in [0.15, 0.2) is 0 Å². The van der Waals surface area contributed by atoms with Crippen LogP contribution in [0.1, 0.15) is 27.2 Å². The Morgan fingerprint density at radius 2 is 2.09 bits per heavy atom. The number of rotatable bonds is 3. The van der Waals surface area contributed by atoms with Gasteiger partial charge in [0.25, 0.3) is 0 Å². The number of carbonyl (C=O) groups excluding carboxylic acids is 2. The lowest BCUT2D eigenvalue weighted by molar-refractivity contribution is -0.108. The van der Waals surface area contributed by atoms with Gasteiger partial charge >= 0.3 is 6.03 Å². The molecule has 0 saturated heterocycles. The van der Waals surface area contributed by atoms with Gasteiger partial charge in [-0.15, -0.1) is 0 Å². The number of amides is 3. The van der Waals surface area contributed by atoms with E-state index in [9.17, 15) is 9.59 Å². The summed E-state index contributed by atoms with van der Waals surface area (Å²) in [5.74, 6) is 0. The molecule has 0 atom stereocenters. The fourth-order valence-corrected chi connectivity index (χ4v) is 0.485. The third-order valence-electron chi connectivity index (χ3n) is 1.53. The van der Waals surface area contributed by atoms with Gasteiger partial charge in [-0.3, -0.25) is 10.1 Å². The molecular weight excluding hydrogens is 144 g/mol. The molecule has 0 radical (unpaired) electrons. The van der Waals surface area contributed by atoms with Crippen LogP contribution in [-0.4, -0.2) is 18.0 Å². The van der Waals surface area contributed by atoms with E-state index in [2.05, 4.69) is 5.32 Å². The van der Waals surface area contributed by atoms with Crippen LogP contribution in [-0.2, 0) is 4.79 Å². The molecule has 4 heteroatoms. The predicted molar refractivity (Wildman–Crippen MR) is 42.1 cm³/mol. The van der Waals surface area contributed by atoms with Gasteiger partial charge in [0.2, 0.25) is 6.41 Å². The third kappa shape index (κ3) is 4.36. The first-order valence-electron chi connectivity index (χ1n) is 3.54. The average molecular weight is 158 g/mol. The average Bonchev–Trinajstić information content (AvgIpc) is 1.87. The summed E-state index contributed by atoms with van der Waals surface area (Å²) in [6, 6.07) is -0.452. The first-order valence-corrected chi connectivity index (χ1v) is 3.54. The van der Waals surface area contributed by atoms with E-state index >= 15 is 0 Å². The Kier molecular flexibility index (Phi) is 3.57. The van der Waals surface area contributed by atoms with E-state index in [0.29, 0.717) is 6.41 Å². The topological polar surface area (TPSA) is 58.2 Å². The molecule has 3 amide bonds. The van der Waals surface area contributed by atoms with Crippen LogP contribution in [0.5, 0.6) is 0 Å². The number of imide groups is 1. The lowest BCUT2D eigenvalue weighted by atomic mass is 10.0. The molecule has 2 N–H and O–H groups in total. The van der Waals surface area contributed by atoms with Gasteiger partial charge < -0.3 is 5.32 Å². The van der Waals surface area contributed by atoms with Gasteiger partial charge in [0.1, 0.15) is 0 Å². The summed E-state index contributed by atoms with van der Waals surface area (Å²) < 4.78 is 0. The zero-order valence-corrected chi connectivity index (χ0v) is 7.10. The number of hydrogen-bond acceptors (Lipinski definition) is 2. The second-order valence-electron chi connectivity index (χ2n) is 2.95. The standard InChI is InChI=1S/C7H14N2O2/c1-4-7(2,3)9-6(11)8-5-10/h5H,4H2,1-3H3,(H2,8,9,10,11). The second-order valence-corrected chi connectivity index (χ2v) is 2.95. The van der Waals surface area contributed by atoms with Crippen LogP contribution in [0.4, 0.5) is 4.79 Å². The van der Waals surface area contributed by atoms with Crippen LogP contribution in [0, 0.1) is 0 Å². The molecule has 0 aromatic rings. The van der Waals surface area contributed by atoms with Gasteiger partial charge in [-0.1, -0.05) is 6.92 Å². The quantitative estimate of drug-likeness (QED) is 0.592. The van der Waals surface area contributed by atoms with Crippen LogP contribution in [0.15, 0.2) is 0 Å². The van der Waals surface area contributed by atoms with Crippen molar-refractivity contribution in [2.75, 3.05) is 0 Å². The Balaban J connectivity index is 3.82. The first-order chi connectivity index (χ1) is 5.02. The summed E-state index contributed by atoms with van der Waals surface area (Å²) in [6.45, 7) is 5.73. The lowest BCUT2D eigenvalue weighted by Gasteiger charge is -2.23. The molecule has 0 heterocycles. The number of carbonyl (C=O) groups is 2. The smallest absolute Gasteiger partial charge is 0.321 e. The summed E-state index contributed by atoms with van der Waals surface area (Å²) >= 11 is 0. The minimum Gasteiger partial charge on any atom is -0.333 e. The van der Waals surface area contributed by atoms with Gasteiger partial charge in [-0.05, 0) is 20.3 Å². The van der Waals surface area contributed by atoms with Gasteiger partial charge in [0.05, 0.1) is 0 Å². The highest BCUT2D eigenvalue weighted by atomic mass is 16.2. The molecule has 0 saturated carbocycles. The highest BCUT2D eigenvalue weighted by Gasteiger charge is 2.16. The van der Waals surface area contributed by atoms with E-state index in [1.54, 1.807) is 0 Å². The number of urea groups is 1. The van der Waals surface area contributed by atoms with Crippen LogP contribution < -0.4 is 10.6 Å². The summed E-state index contributed by atoms with van der Waals surface area (Å²) in [7, 11) is 0. The Hall–Kier alpha value is -1.06. The van der Waals surface area contributed by atoms with E-state index in [4.69, 9.17) is 0 Å². The summed E-state index contributed by atoms with van der Waals surface area (Å²) in [5.41, 5.74) is -0.257. The zero-order chi connectivity index (χ0) is 8.91. The fourth-order valence-electron chi connectivity index (χ4n) is 0.485. The molecule has 0 aliphatic carbocycles. The van der Waals surface area contributed by atoms with E-state index in [1.807, 2.05) is 26.1 Å². The molecule has 0 unspecified atom stereocenters. The maximum atomic E-state index is 10.8. The molecular formula is C7H14N2O2. The van der Waals surface area contributed by atoms with Crippen LogP contribution in [0.3, 0.4) is 0 Å². The van der Waals surface area contributed by atoms with Crippen molar-refractivity contribution >= 4 is 12.4 Å². The summed E-state index contributed by atoms with van der Waals surface area (Å²) in [5, 5.41) is 4.63. The van der Waals surface area contributed by atoms with Crippen molar-refractivity contribution in [3.05, 3.63) is 0 Å². The van der Waals surface area contributed by atoms with Gasteiger partial charge in [-0.2, -0.15) is 0 Å². The molecule has 0 aliphatic heterocycles. The highest BCUT2D eigenvalue weighted by Crippen LogP contribution is 2.05. The molecule has 0 aromatic carbocycles. The highest BCUT2D eigenvalue weighted by molar-refractivity contribution is 5.84. The minimum absolute atomic E-state index is 0.257. The Morgan fingerprint density at radius 1 is 1.55 bits per heavy atom. The van der Waals surface area contributed by atoms with E-state index < -0.39 is 6.03 Å². The molecule has 4 nitrogen and oxygen atoms in total. The molecule has 0 aromatic heterocycles. The van der Waals surface area contributed by atoms with Crippen molar-refractivity contribution in [1.29, 1.82) is 0 Å². The monoisotopic (exact) mass is 158 g/mol. The fraction of sp³-hybridized carbons (Fsp3) is 0.714. The third-order valence-corrected chi connectivity index (χ3v) is 1.53. The lowest BCUT2D eigenvalue weighted by Crippen LogP contribution is -2.47. The Bertz CT molecular complexity index is 155. The normalized spacial score (nSPS) is 10.5. The Morgan fingerprint density at radius 3 is 2.45 bits per heavy atom. The molecule has 0 rings (SSSR count). The second kappa shape index (κ2) is 3.95. The molecule has 64 valence electrons. The van der Waals surface area contributed by atoms with Crippen molar-refractivity contribution in [3.63, 3.8) is 0 Å². The first kappa shape index (κ1) is 9.94.